The zero-order valence-corrected chi connectivity index (χ0v) is 15.3. The van der Waals surface area contributed by atoms with Crippen molar-refractivity contribution >= 4 is 5.97 Å². The molecule has 4 aliphatic rings. The van der Waals surface area contributed by atoms with Crippen molar-refractivity contribution < 1.29 is 19.7 Å². The van der Waals surface area contributed by atoms with Crippen LogP contribution < -0.4 is 0 Å². The zero-order chi connectivity index (χ0) is 18.0. The van der Waals surface area contributed by atoms with E-state index in [1.807, 2.05) is 12.2 Å². The maximum atomic E-state index is 11.7. The van der Waals surface area contributed by atoms with Crippen LogP contribution in [0, 0.1) is 22.7 Å². The summed E-state index contributed by atoms with van der Waals surface area (Å²) in [6, 6.07) is 0. The molecule has 0 radical (unpaired) electrons. The van der Waals surface area contributed by atoms with Crippen LogP contribution in [0.15, 0.2) is 35.1 Å². The van der Waals surface area contributed by atoms with Gasteiger partial charge in [-0.25, -0.2) is 0 Å². The predicted molar refractivity (Wildman–Crippen MR) is 94.3 cm³/mol. The molecule has 6 atom stereocenters. The molecule has 25 heavy (non-hydrogen) atoms. The van der Waals surface area contributed by atoms with E-state index in [2.05, 4.69) is 19.9 Å². The molecule has 0 heterocycles. The Balaban J connectivity index is 1.87. The second-order valence-corrected chi connectivity index (χ2v) is 8.74. The standard InChI is InChI=1S/C21H28O4/c1-12(22)25-17-11-13-10-14(23)6-8-20(13,2)16-7-9-21(3)15(19(16)17)4-5-18(21)24/h6,8,11,14-16,18,23-24H,4-5,7,9-10H2,1-3H3/t14-,15-,16-,18-,20-,21-/m0/s1. The Labute approximate surface area is 149 Å². The van der Waals surface area contributed by atoms with Gasteiger partial charge < -0.3 is 14.9 Å². The summed E-state index contributed by atoms with van der Waals surface area (Å²) in [4.78, 5) is 11.7. The first-order valence-corrected chi connectivity index (χ1v) is 9.44. The number of aliphatic hydroxyl groups excluding tert-OH is 2. The second kappa shape index (κ2) is 5.55. The highest BCUT2D eigenvalue weighted by molar-refractivity contribution is 5.68. The molecule has 4 heteroatoms. The van der Waals surface area contributed by atoms with Crippen molar-refractivity contribution in [1.29, 1.82) is 0 Å². The van der Waals surface area contributed by atoms with Crippen molar-refractivity contribution in [2.75, 3.05) is 0 Å². The van der Waals surface area contributed by atoms with Crippen LogP contribution >= 0.6 is 0 Å². The van der Waals surface area contributed by atoms with Gasteiger partial charge in [0, 0.05) is 17.8 Å². The monoisotopic (exact) mass is 344 g/mol. The number of allylic oxidation sites excluding steroid dienone is 3. The van der Waals surface area contributed by atoms with Gasteiger partial charge in [-0.1, -0.05) is 31.6 Å². The molecule has 136 valence electrons. The van der Waals surface area contributed by atoms with Crippen molar-refractivity contribution in [3.8, 4) is 0 Å². The molecule has 0 aliphatic heterocycles. The quantitative estimate of drug-likeness (QED) is 0.566. The number of carbonyl (C=O) groups is 1. The molecule has 2 N–H and O–H groups in total. The summed E-state index contributed by atoms with van der Waals surface area (Å²) in [5.41, 5.74) is 2.10. The van der Waals surface area contributed by atoms with Crippen LogP contribution in [0.2, 0.25) is 0 Å². The molecular formula is C21H28O4. The molecule has 0 aromatic heterocycles. The van der Waals surface area contributed by atoms with Gasteiger partial charge in [0.15, 0.2) is 0 Å². The molecule has 0 aromatic carbocycles. The fourth-order valence-corrected chi connectivity index (χ4v) is 5.86. The maximum absolute atomic E-state index is 11.7. The number of ether oxygens (including phenoxy) is 1. The first-order chi connectivity index (χ1) is 11.8. The molecule has 2 saturated carbocycles. The van der Waals surface area contributed by atoms with Gasteiger partial charge in [0.1, 0.15) is 5.76 Å². The Morgan fingerprint density at radius 2 is 1.96 bits per heavy atom. The van der Waals surface area contributed by atoms with E-state index in [1.165, 1.54) is 12.5 Å². The molecule has 0 unspecified atom stereocenters. The molecule has 0 bridgehead atoms. The summed E-state index contributed by atoms with van der Waals surface area (Å²) < 4.78 is 5.66. The van der Waals surface area contributed by atoms with E-state index >= 15 is 0 Å². The second-order valence-electron chi connectivity index (χ2n) is 8.74. The molecule has 4 nitrogen and oxygen atoms in total. The highest BCUT2D eigenvalue weighted by Gasteiger charge is 2.57. The first-order valence-electron chi connectivity index (χ1n) is 9.44. The highest BCUT2D eigenvalue weighted by Crippen LogP contribution is 2.63. The molecular weight excluding hydrogens is 316 g/mol. The minimum Gasteiger partial charge on any atom is -0.427 e. The average molecular weight is 344 g/mol. The molecule has 2 fully saturated rings. The van der Waals surface area contributed by atoms with E-state index in [9.17, 15) is 15.0 Å². The summed E-state index contributed by atoms with van der Waals surface area (Å²) in [7, 11) is 0. The van der Waals surface area contributed by atoms with Gasteiger partial charge in [-0.15, -0.1) is 0 Å². The number of hydrogen-bond acceptors (Lipinski definition) is 4. The number of fused-ring (bicyclic) bond motifs is 5. The summed E-state index contributed by atoms with van der Waals surface area (Å²) in [5, 5.41) is 20.6. The Hall–Kier alpha value is -1.39. The van der Waals surface area contributed by atoms with E-state index in [1.54, 1.807) is 0 Å². The number of carbonyl (C=O) groups excluding carboxylic acids is 1. The molecule has 4 aliphatic carbocycles. The smallest absolute Gasteiger partial charge is 0.308 e. The van der Waals surface area contributed by atoms with E-state index in [4.69, 9.17) is 4.74 Å². The van der Waals surface area contributed by atoms with Crippen LogP contribution in [-0.2, 0) is 9.53 Å². The SMILES string of the molecule is CC(=O)OC1=C2[C@@H]3CC[C@H](O)[C@@]3(C)CC[C@@H]2[C@@]2(C)C=C[C@H](O)CC2=C1. The van der Waals surface area contributed by atoms with Crippen LogP contribution in [0.4, 0.5) is 0 Å². The third-order valence-corrected chi connectivity index (χ3v) is 7.36. The normalized spacial score (nSPS) is 45.4. The number of aliphatic hydroxyl groups is 2. The largest absolute Gasteiger partial charge is 0.427 e. The van der Waals surface area contributed by atoms with E-state index in [-0.39, 0.29) is 34.7 Å². The molecule has 4 rings (SSSR count). The van der Waals surface area contributed by atoms with Crippen molar-refractivity contribution in [3.05, 3.63) is 35.1 Å². The van der Waals surface area contributed by atoms with Crippen LogP contribution in [0.25, 0.3) is 0 Å². The Morgan fingerprint density at radius 1 is 1.20 bits per heavy atom. The van der Waals surface area contributed by atoms with Gasteiger partial charge >= 0.3 is 5.97 Å². The molecule has 0 aromatic rings. The van der Waals surface area contributed by atoms with E-state index in [0.717, 1.165) is 31.3 Å². The van der Waals surface area contributed by atoms with Crippen LogP contribution in [0.5, 0.6) is 0 Å². The van der Waals surface area contributed by atoms with Crippen LogP contribution in [0.3, 0.4) is 0 Å². The lowest BCUT2D eigenvalue weighted by Gasteiger charge is -2.53. The Bertz CT molecular complexity index is 703. The van der Waals surface area contributed by atoms with Gasteiger partial charge in [-0.05, 0) is 55.6 Å². The van der Waals surface area contributed by atoms with Gasteiger partial charge in [0.05, 0.1) is 12.2 Å². The van der Waals surface area contributed by atoms with E-state index in [0.29, 0.717) is 12.2 Å². The van der Waals surface area contributed by atoms with Gasteiger partial charge in [0.2, 0.25) is 0 Å². The third kappa shape index (κ3) is 2.37. The minimum atomic E-state index is -0.471. The number of rotatable bonds is 1. The van der Waals surface area contributed by atoms with Gasteiger partial charge in [0.25, 0.3) is 0 Å². The van der Waals surface area contributed by atoms with Crippen molar-refractivity contribution in [1.82, 2.24) is 0 Å². The topological polar surface area (TPSA) is 66.8 Å². The van der Waals surface area contributed by atoms with Gasteiger partial charge in [-0.2, -0.15) is 0 Å². The van der Waals surface area contributed by atoms with Crippen molar-refractivity contribution in [2.24, 2.45) is 22.7 Å². The third-order valence-electron chi connectivity index (χ3n) is 7.36. The van der Waals surface area contributed by atoms with E-state index < -0.39 is 6.10 Å². The van der Waals surface area contributed by atoms with Crippen LogP contribution in [-0.4, -0.2) is 28.4 Å². The average Bonchev–Trinajstić information content (AvgIpc) is 2.84. The lowest BCUT2D eigenvalue weighted by molar-refractivity contribution is -0.136. The summed E-state index contributed by atoms with van der Waals surface area (Å²) >= 11 is 0. The summed E-state index contributed by atoms with van der Waals surface area (Å²) in [6.45, 7) is 5.87. The minimum absolute atomic E-state index is 0.128. The first kappa shape index (κ1) is 17.0. The maximum Gasteiger partial charge on any atom is 0.308 e. The lowest BCUT2D eigenvalue weighted by Crippen LogP contribution is -2.46. The predicted octanol–water partition coefficient (Wildman–Crippen LogP) is 3.26. The fraction of sp³-hybridized carbons (Fsp3) is 0.667. The summed E-state index contributed by atoms with van der Waals surface area (Å²) in [6.07, 6.45) is 9.60. The molecule has 0 saturated heterocycles. The number of hydrogen-bond donors (Lipinski definition) is 2. The van der Waals surface area contributed by atoms with Crippen molar-refractivity contribution in [2.45, 2.75) is 65.1 Å². The molecule has 0 amide bonds. The fourth-order valence-electron chi connectivity index (χ4n) is 5.86. The Morgan fingerprint density at radius 3 is 2.68 bits per heavy atom. The highest BCUT2D eigenvalue weighted by atomic mass is 16.5. The Kier molecular flexibility index (Phi) is 3.79. The van der Waals surface area contributed by atoms with Gasteiger partial charge in [-0.3, -0.25) is 4.79 Å². The zero-order valence-electron chi connectivity index (χ0n) is 15.3. The molecule has 0 spiro atoms. The number of esters is 1. The van der Waals surface area contributed by atoms with Crippen LogP contribution in [0.1, 0.15) is 52.9 Å². The summed E-state index contributed by atoms with van der Waals surface area (Å²) in [5.74, 6) is 0.899. The van der Waals surface area contributed by atoms with Crippen molar-refractivity contribution in [3.63, 3.8) is 0 Å². The lowest BCUT2D eigenvalue weighted by atomic mass is 9.52.